The number of nitrogens with zero attached hydrogens (tertiary/aromatic N) is 1. The predicted octanol–water partition coefficient (Wildman–Crippen LogP) is 1.49. The lowest BCUT2D eigenvalue weighted by molar-refractivity contribution is -0.144. The number of benzene rings is 1. The number of amides is 1. The van der Waals surface area contributed by atoms with Crippen molar-refractivity contribution in [2.24, 2.45) is 5.92 Å². The van der Waals surface area contributed by atoms with Crippen molar-refractivity contribution in [2.75, 3.05) is 5.06 Å². The highest BCUT2D eigenvalue weighted by atomic mass is 16.7. The number of hydrogen-bond donors (Lipinski definition) is 1. The Balaban J connectivity index is 1.84. The van der Waals surface area contributed by atoms with Crippen LogP contribution in [-0.2, 0) is 9.63 Å². The third-order valence-corrected chi connectivity index (χ3v) is 3.56. The van der Waals surface area contributed by atoms with Gasteiger partial charge in [-0.2, -0.15) is 5.06 Å². The van der Waals surface area contributed by atoms with Crippen molar-refractivity contribution in [3.63, 3.8) is 0 Å². The van der Waals surface area contributed by atoms with Gasteiger partial charge in [0.2, 0.25) is 0 Å². The normalized spacial score (nSPS) is 32.6. The molecule has 0 radical (unpaired) electrons. The number of rotatable bonds is 1. The molecule has 2 aliphatic rings. The second kappa shape index (κ2) is 4.13. The van der Waals surface area contributed by atoms with E-state index in [-0.39, 0.29) is 17.9 Å². The minimum Gasteiger partial charge on any atom is -0.390 e. The number of carbonyl (C=O) groups is 1. The van der Waals surface area contributed by atoms with Crippen LogP contribution in [0, 0.1) is 5.92 Å². The first-order valence-corrected chi connectivity index (χ1v) is 5.98. The van der Waals surface area contributed by atoms with E-state index in [1.807, 2.05) is 30.3 Å². The summed E-state index contributed by atoms with van der Waals surface area (Å²) in [7, 11) is 0. The monoisotopic (exact) mass is 233 g/mol. The van der Waals surface area contributed by atoms with Gasteiger partial charge in [0.15, 0.2) is 0 Å². The molecule has 1 aliphatic heterocycles. The Hall–Kier alpha value is -1.39. The minimum atomic E-state index is -0.445. The Kier molecular flexibility index (Phi) is 2.61. The summed E-state index contributed by atoms with van der Waals surface area (Å²) in [6.45, 7) is 0. The van der Waals surface area contributed by atoms with Gasteiger partial charge < -0.3 is 5.11 Å². The predicted molar refractivity (Wildman–Crippen MR) is 62.1 cm³/mol. The molecular formula is C13H15NO3. The number of aliphatic hydroxyl groups is 1. The first-order valence-electron chi connectivity index (χ1n) is 5.98. The molecule has 0 aromatic heterocycles. The van der Waals surface area contributed by atoms with Gasteiger partial charge in [0.25, 0.3) is 5.91 Å². The summed E-state index contributed by atoms with van der Waals surface area (Å²) in [6.07, 6.45) is 1.40. The summed E-state index contributed by atoms with van der Waals surface area (Å²) in [5.41, 5.74) is 0.732. The van der Waals surface area contributed by atoms with E-state index in [2.05, 4.69) is 0 Å². The van der Waals surface area contributed by atoms with Crippen molar-refractivity contribution in [2.45, 2.75) is 31.5 Å². The van der Waals surface area contributed by atoms with Crippen molar-refractivity contribution < 1.29 is 14.7 Å². The molecule has 3 atom stereocenters. The molecule has 2 fully saturated rings. The minimum absolute atomic E-state index is 0.0217. The van der Waals surface area contributed by atoms with Crippen LogP contribution in [0.1, 0.15) is 19.3 Å². The fourth-order valence-electron chi connectivity index (χ4n) is 2.66. The van der Waals surface area contributed by atoms with Crippen LogP contribution < -0.4 is 5.06 Å². The van der Waals surface area contributed by atoms with Crippen LogP contribution in [0.25, 0.3) is 0 Å². The zero-order valence-corrected chi connectivity index (χ0v) is 9.45. The summed E-state index contributed by atoms with van der Waals surface area (Å²) >= 11 is 0. The molecule has 17 heavy (non-hydrogen) atoms. The van der Waals surface area contributed by atoms with Gasteiger partial charge in [-0.3, -0.25) is 9.63 Å². The van der Waals surface area contributed by atoms with Gasteiger partial charge in [-0.1, -0.05) is 18.2 Å². The summed E-state index contributed by atoms with van der Waals surface area (Å²) in [5, 5.41) is 11.1. The molecule has 1 saturated heterocycles. The van der Waals surface area contributed by atoms with E-state index in [1.54, 1.807) is 0 Å². The number of fused-ring (bicyclic) bond motifs is 1. The van der Waals surface area contributed by atoms with Crippen LogP contribution in [0.4, 0.5) is 5.69 Å². The largest absolute Gasteiger partial charge is 0.390 e. The fraction of sp³-hybridized carbons (Fsp3) is 0.462. The van der Waals surface area contributed by atoms with Gasteiger partial charge in [-0.05, 0) is 30.9 Å². The molecule has 3 rings (SSSR count). The van der Waals surface area contributed by atoms with Crippen LogP contribution in [0.2, 0.25) is 0 Å². The van der Waals surface area contributed by atoms with Crippen LogP contribution in [0.5, 0.6) is 0 Å². The van der Waals surface area contributed by atoms with Crippen molar-refractivity contribution in [3.05, 3.63) is 30.3 Å². The maximum absolute atomic E-state index is 12.0. The van der Waals surface area contributed by atoms with Gasteiger partial charge in [-0.15, -0.1) is 0 Å². The standard InChI is InChI=1S/C13H15NO3/c15-11-7-6-9-8-12(16)14(17-13(9)11)10-4-2-1-3-5-10/h1-5,9,11,13,15H,6-8H2/t9-,11+,13+/m0/s1. The van der Waals surface area contributed by atoms with Crippen molar-refractivity contribution in [3.8, 4) is 0 Å². The Bertz CT molecular complexity index is 420. The Morgan fingerprint density at radius 3 is 2.76 bits per heavy atom. The highest BCUT2D eigenvalue weighted by molar-refractivity contribution is 5.92. The van der Waals surface area contributed by atoms with Crippen LogP contribution >= 0.6 is 0 Å². The second-order valence-corrected chi connectivity index (χ2v) is 4.70. The van der Waals surface area contributed by atoms with E-state index in [0.717, 1.165) is 18.5 Å². The first-order chi connectivity index (χ1) is 8.25. The topological polar surface area (TPSA) is 49.8 Å². The summed E-state index contributed by atoms with van der Waals surface area (Å²) < 4.78 is 0. The van der Waals surface area contributed by atoms with E-state index in [9.17, 15) is 9.90 Å². The van der Waals surface area contributed by atoms with Gasteiger partial charge in [0.1, 0.15) is 6.10 Å². The molecule has 1 amide bonds. The lowest BCUT2D eigenvalue weighted by Gasteiger charge is -2.35. The molecule has 4 nitrogen and oxygen atoms in total. The lowest BCUT2D eigenvalue weighted by Crippen LogP contribution is -2.47. The number of hydrogen-bond acceptors (Lipinski definition) is 3. The quantitative estimate of drug-likeness (QED) is 0.799. The van der Waals surface area contributed by atoms with Gasteiger partial charge in [-0.25, -0.2) is 0 Å². The van der Waals surface area contributed by atoms with Crippen molar-refractivity contribution >= 4 is 11.6 Å². The molecule has 0 unspecified atom stereocenters. The van der Waals surface area contributed by atoms with Crippen molar-refractivity contribution in [1.29, 1.82) is 0 Å². The molecule has 1 saturated carbocycles. The molecular weight excluding hydrogens is 218 g/mol. The third-order valence-electron chi connectivity index (χ3n) is 3.56. The number of carbonyl (C=O) groups excluding carboxylic acids is 1. The zero-order valence-electron chi connectivity index (χ0n) is 9.45. The Morgan fingerprint density at radius 2 is 2.00 bits per heavy atom. The zero-order chi connectivity index (χ0) is 11.8. The smallest absolute Gasteiger partial charge is 0.251 e. The summed E-state index contributed by atoms with van der Waals surface area (Å²) in [4.78, 5) is 17.6. The molecule has 1 aliphatic carbocycles. The average Bonchev–Trinajstić information content (AvgIpc) is 2.70. The maximum atomic E-state index is 12.0. The first kappa shape index (κ1) is 10.7. The van der Waals surface area contributed by atoms with E-state index >= 15 is 0 Å². The molecule has 90 valence electrons. The molecule has 1 N–H and O–H groups in total. The van der Waals surface area contributed by atoms with Crippen LogP contribution in [-0.4, -0.2) is 23.2 Å². The average molecular weight is 233 g/mol. The van der Waals surface area contributed by atoms with Gasteiger partial charge in [0.05, 0.1) is 11.8 Å². The molecule has 1 heterocycles. The summed E-state index contributed by atoms with van der Waals surface area (Å²) in [5.74, 6) is 0.156. The third kappa shape index (κ3) is 1.83. The Morgan fingerprint density at radius 1 is 1.24 bits per heavy atom. The van der Waals surface area contributed by atoms with Crippen molar-refractivity contribution in [1.82, 2.24) is 0 Å². The SMILES string of the molecule is O=C1C[C@@H]2CC[C@@H](O)[C@@H]2ON1c1ccccc1. The molecule has 0 spiro atoms. The maximum Gasteiger partial charge on any atom is 0.251 e. The van der Waals surface area contributed by atoms with E-state index in [0.29, 0.717) is 6.42 Å². The molecule has 4 heteroatoms. The number of aliphatic hydroxyl groups excluding tert-OH is 1. The number of anilines is 1. The highest BCUT2D eigenvalue weighted by Gasteiger charge is 2.44. The lowest BCUT2D eigenvalue weighted by atomic mass is 9.99. The Labute approximate surface area is 99.8 Å². The number of para-hydroxylation sites is 1. The summed E-state index contributed by atoms with van der Waals surface area (Å²) in [6, 6.07) is 9.29. The van der Waals surface area contributed by atoms with Crippen LogP contribution in [0.3, 0.4) is 0 Å². The fourth-order valence-corrected chi connectivity index (χ4v) is 2.66. The van der Waals surface area contributed by atoms with Crippen LogP contribution in [0.15, 0.2) is 30.3 Å². The van der Waals surface area contributed by atoms with Gasteiger partial charge in [0, 0.05) is 6.42 Å². The number of hydroxylamine groups is 1. The second-order valence-electron chi connectivity index (χ2n) is 4.70. The highest BCUT2D eigenvalue weighted by Crippen LogP contribution is 2.37. The molecule has 1 aromatic rings. The van der Waals surface area contributed by atoms with Gasteiger partial charge >= 0.3 is 0 Å². The molecule has 1 aromatic carbocycles. The van der Waals surface area contributed by atoms with E-state index in [1.165, 1.54) is 5.06 Å². The van der Waals surface area contributed by atoms with E-state index < -0.39 is 6.10 Å². The molecule has 0 bridgehead atoms. The van der Waals surface area contributed by atoms with E-state index in [4.69, 9.17) is 4.84 Å².